The fourth-order valence-electron chi connectivity index (χ4n) is 3.19. The van der Waals surface area contributed by atoms with Gasteiger partial charge in [-0.3, -0.25) is 0 Å². The highest BCUT2D eigenvalue weighted by Gasteiger charge is 2.22. The van der Waals surface area contributed by atoms with Gasteiger partial charge < -0.3 is 4.90 Å². The molecule has 3 aromatic rings. The van der Waals surface area contributed by atoms with Gasteiger partial charge in [-0.2, -0.15) is 4.98 Å². The average molecular weight is 423 g/mol. The normalized spacial score (nSPS) is 16.0. The number of piperidine rings is 1. The molecule has 1 fully saturated rings. The minimum absolute atomic E-state index is 0.334. The van der Waals surface area contributed by atoms with Crippen molar-refractivity contribution in [1.29, 1.82) is 0 Å². The third kappa shape index (κ3) is 3.05. The summed E-state index contributed by atoms with van der Waals surface area (Å²) in [6.07, 6.45) is 2.39. The Balaban J connectivity index is 1.86. The van der Waals surface area contributed by atoms with Crippen molar-refractivity contribution in [3.8, 4) is 11.1 Å². The maximum atomic E-state index is 6.20. The molecule has 3 nitrogen and oxygen atoms in total. The van der Waals surface area contributed by atoms with Gasteiger partial charge in [0.1, 0.15) is 10.6 Å². The van der Waals surface area contributed by atoms with Crippen LogP contribution in [0.25, 0.3) is 21.3 Å². The van der Waals surface area contributed by atoms with Gasteiger partial charge in [-0.05, 0) is 48.1 Å². The molecule has 0 N–H and O–H groups in total. The minimum atomic E-state index is 0.334. The molecule has 1 saturated heterocycles. The first kappa shape index (κ1) is 16.3. The number of aromatic nitrogens is 2. The summed E-state index contributed by atoms with van der Waals surface area (Å²) in [5, 5.41) is 3.62. The van der Waals surface area contributed by atoms with Gasteiger partial charge in [-0.1, -0.05) is 35.0 Å². The lowest BCUT2D eigenvalue weighted by Crippen LogP contribution is -2.33. The molecule has 24 heavy (non-hydrogen) atoms. The summed E-state index contributed by atoms with van der Waals surface area (Å²) < 4.78 is 1.08. The van der Waals surface area contributed by atoms with Crippen LogP contribution in [0, 0.1) is 5.92 Å². The first-order valence-corrected chi connectivity index (χ1v) is 10.1. The van der Waals surface area contributed by atoms with E-state index in [1.807, 2.05) is 0 Å². The van der Waals surface area contributed by atoms with Gasteiger partial charge in [0.25, 0.3) is 0 Å². The van der Waals surface area contributed by atoms with Crippen molar-refractivity contribution in [2.24, 2.45) is 5.92 Å². The van der Waals surface area contributed by atoms with Crippen molar-refractivity contribution in [2.75, 3.05) is 18.0 Å². The van der Waals surface area contributed by atoms with Crippen LogP contribution in [0.3, 0.4) is 0 Å². The SMILES string of the molecule is CC1CCN(c2nc(Cl)nc3scc(-c4ccc(Br)cc4)c23)CC1. The van der Waals surface area contributed by atoms with Crippen molar-refractivity contribution in [3.63, 3.8) is 0 Å². The zero-order valence-corrected chi connectivity index (χ0v) is 16.5. The highest BCUT2D eigenvalue weighted by Crippen LogP contribution is 2.40. The van der Waals surface area contributed by atoms with Gasteiger partial charge >= 0.3 is 0 Å². The van der Waals surface area contributed by atoms with E-state index in [1.54, 1.807) is 11.3 Å². The largest absolute Gasteiger partial charge is 0.356 e. The number of anilines is 1. The fraction of sp³-hybridized carbons (Fsp3) is 0.333. The highest BCUT2D eigenvalue weighted by molar-refractivity contribution is 9.10. The van der Waals surface area contributed by atoms with Crippen LogP contribution in [0.15, 0.2) is 34.1 Å². The van der Waals surface area contributed by atoms with Crippen LogP contribution in [0.5, 0.6) is 0 Å². The molecule has 0 unspecified atom stereocenters. The summed E-state index contributed by atoms with van der Waals surface area (Å²) in [6, 6.07) is 8.39. The first-order valence-electron chi connectivity index (χ1n) is 8.07. The van der Waals surface area contributed by atoms with E-state index in [4.69, 9.17) is 11.6 Å². The number of halogens is 2. The predicted molar refractivity (Wildman–Crippen MR) is 106 cm³/mol. The number of rotatable bonds is 2. The maximum absolute atomic E-state index is 6.20. The van der Waals surface area contributed by atoms with E-state index in [0.29, 0.717) is 5.28 Å². The molecule has 0 spiro atoms. The van der Waals surface area contributed by atoms with E-state index in [9.17, 15) is 0 Å². The first-order chi connectivity index (χ1) is 11.6. The molecule has 0 saturated carbocycles. The Kier molecular flexibility index (Phi) is 4.50. The van der Waals surface area contributed by atoms with Crippen LogP contribution in [0.2, 0.25) is 5.28 Å². The Hall–Kier alpha value is -1.17. The summed E-state index contributed by atoms with van der Waals surface area (Å²) in [7, 11) is 0. The molecule has 3 heterocycles. The average Bonchev–Trinajstić information content (AvgIpc) is 2.99. The maximum Gasteiger partial charge on any atom is 0.225 e. The van der Waals surface area contributed by atoms with Crippen LogP contribution in [-0.2, 0) is 0 Å². The molecule has 2 aromatic heterocycles. The lowest BCUT2D eigenvalue weighted by Gasteiger charge is -2.31. The van der Waals surface area contributed by atoms with Crippen LogP contribution in [0.4, 0.5) is 5.82 Å². The van der Waals surface area contributed by atoms with Crippen molar-refractivity contribution >= 4 is 54.9 Å². The van der Waals surface area contributed by atoms with Crippen molar-refractivity contribution < 1.29 is 0 Å². The molecule has 6 heteroatoms. The number of benzene rings is 1. The standard InChI is InChI=1S/C18H17BrClN3S/c1-11-6-8-23(9-7-11)16-15-14(12-2-4-13(19)5-3-12)10-24-17(15)22-18(20)21-16/h2-5,10-11H,6-9H2,1H3. The number of nitrogens with zero attached hydrogens (tertiary/aromatic N) is 3. The van der Waals surface area contributed by atoms with Gasteiger partial charge in [0.2, 0.25) is 5.28 Å². The van der Waals surface area contributed by atoms with E-state index >= 15 is 0 Å². The monoisotopic (exact) mass is 421 g/mol. The van der Waals surface area contributed by atoms with Crippen LogP contribution >= 0.6 is 38.9 Å². The summed E-state index contributed by atoms with van der Waals surface area (Å²) in [5.41, 5.74) is 2.37. The smallest absolute Gasteiger partial charge is 0.225 e. The molecule has 1 aliphatic rings. The second-order valence-corrected chi connectivity index (χ2v) is 8.43. The van der Waals surface area contributed by atoms with E-state index in [1.165, 1.54) is 24.0 Å². The Bertz CT molecular complexity index is 870. The van der Waals surface area contributed by atoms with Crippen LogP contribution in [0.1, 0.15) is 19.8 Å². The zero-order valence-electron chi connectivity index (χ0n) is 13.3. The number of hydrogen-bond donors (Lipinski definition) is 0. The van der Waals surface area contributed by atoms with Gasteiger partial charge in [-0.25, -0.2) is 4.98 Å². The van der Waals surface area contributed by atoms with Gasteiger partial charge in [0, 0.05) is 28.5 Å². The predicted octanol–water partition coefficient (Wildman–Crippen LogP) is 6.01. The minimum Gasteiger partial charge on any atom is -0.356 e. The molecule has 0 radical (unpaired) electrons. The molecule has 0 aliphatic carbocycles. The molecule has 0 atom stereocenters. The van der Waals surface area contributed by atoms with E-state index < -0.39 is 0 Å². The molecule has 1 aliphatic heterocycles. The summed E-state index contributed by atoms with van der Waals surface area (Å²) in [4.78, 5) is 12.4. The Labute approximate surface area is 158 Å². The van der Waals surface area contributed by atoms with Gasteiger partial charge in [-0.15, -0.1) is 11.3 Å². The third-order valence-corrected chi connectivity index (χ3v) is 6.20. The van der Waals surface area contributed by atoms with Crippen molar-refractivity contribution in [1.82, 2.24) is 9.97 Å². The number of hydrogen-bond acceptors (Lipinski definition) is 4. The lowest BCUT2D eigenvalue weighted by molar-refractivity contribution is 0.437. The second kappa shape index (κ2) is 6.62. The van der Waals surface area contributed by atoms with Gasteiger partial charge in [0.05, 0.1) is 5.39 Å². The van der Waals surface area contributed by atoms with E-state index in [0.717, 1.165) is 39.5 Å². The molecule has 124 valence electrons. The lowest BCUT2D eigenvalue weighted by atomic mass is 9.98. The topological polar surface area (TPSA) is 29.0 Å². The Morgan fingerprint density at radius 1 is 1.17 bits per heavy atom. The molecule has 0 bridgehead atoms. The molecular weight excluding hydrogens is 406 g/mol. The number of fused-ring (bicyclic) bond motifs is 1. The van der Waals surface area contributed by atoms with Crippen LogP contribution < -0.4 is 4.90 Å². The molecule has 1 aromatic carbocycles. The second-order valence-electron chi connectivity index (χ2n) is 6.32. The molecular formula is C18H17BrClN3S. The summed E-state index contributed by atoms with van der Waals surface area (Å²) >= 11 is 11.3. The molecule has 4 rings (SSSR count). The fourth-order valence-corrected chi connectivity index (χ4v) is 4.61. The Morgan fingerprint density at radius 3 is 2.58 bits per heavy atom. The van der Waals surface area contributed by atoms with Crippen molar-refractivity contribution in [2.45, 2.75) is 19.8 Å². The quantitative estimate of drug-likeness (QED) is 0.473. The summed E-state index contributed by atoms with van der Waals surface area (Å²) in [5.74, 6) is 1.76. The van der Waals surface area contributed by atoms with Gasteiger partial charge in [0.15, 0.2) is 0 Å². The van der Waals surface area contributed by atoms with E-state index in [-0.39, 0.29) is 0 Å². The summed E-state index contributed by atoms with van der Waals surface area (Å²) in [6.45, 7) is 4.37. The van der Waals surface area contributed by atoms with Crippen LogP contribution in [-0.4, -0.2) is 23.1 Å². The third-order valence-electron chi connectivity index (χ3n) is 4.63. The number of thiophene rings is 1. The highest BCUT2D eigenvalue weighted by atomic mass is 79.9. The van der Waals surface area contributed by atoms with Crippen molar-refractivity contribution in [3.05, 3.63) is 39.4 Å². The van der Waals surface area contributed by atoms with E-state index in [2.05, 4.69) is 67.4 Å². The Morgan fingerprint density at radius 2 is 1.88 bits per heavy atom. The zero-order chi connectivity index (χ0) is 16.7. The molecule has 0 amide bonds.